The fourth-order valence-electron chi connectivity index (χ4n) is 3.05. The van der Waals surface area contributed by atoms with Gasteiger partial charge >= 0.3 is 0 Å². The average Bonchev–Trinajstić information content (AvgIpc) is 2.61. The number of piperazine rings is 1. The first kappa shape index (κ1) is 20.9. The number of nitrogens with zero attached hydrogens (tertiary/aromatic N) is 2. The number of hydrogen-bond acceptors (Lipinski definition) is 4. The number of nitrogens with two attached hydrogens (primary N) is 1. The molecule has 0 spiro atoms. The molecule has 0 aromatic heterocycles. The summed E-state index contributed by atoms with van der Waals surface area (Å²) in [5.74, 6) is 0.122. The number of carbonyl (C=O) groups is 1. The average molecular weight is 356 g/mol. The van der Waals surface area contributed by atoms with E-state index in [4.69, 9.17) is 10.5 Å². The zero-order valence-electron chi connectivity index (χ0n) is 14.7. The molecule has 0 saturated carbocycles. The van der Waals surface area contributed by atoms with Gasteiger partial charge in [0.2, 0.25) is 0 Å². The van der Waals surface area contributed by atoms with Crippen LogP contribution >= 0.6 is 12.4 Å². The van der Waals surface area contributed by atoms with Crippen molar-refractivity contribution < 1.29 is 9.53 Å². The summed E-state index contributed by atoms with van der Waals surface area (Å²) in [5.41, 5.74) is 7.41. The van der Waals surface area contributed by atoms with Crippen LogP contribution < -0.4 is 5.73 Å². The SMILES string of the molecule is CCOCCN1CCN(C(=O)c2ccc(CN)cc2)CC1CC.Cl. The highest BCUT2D eigenvalue weighted by molar-refractivity contribution is 5.94. The molecular formula is C18H30ClN3O2. The van der Waals surface area contributed by atoms with Gasteiger partial charge in [0.05, 0.1) is 6.61 Å². The lowest BCUT2D eigenvalue weighted by Crippen LogP contribution is -2.55. The summed E-state index contributed by atoms with van der Waals surface area (Å²) < 4.78 is 5.46. The van der Waals surface area contributed by atoms with E-state index in [1.54, 1.807) is 0 Å². The van der Waals surface area contributed by atoms with E-state index in [1.165, 1.54) is 0 Å². The van der Waals surface area contributed by atoms with Crippen LogP contribution in [0.25, 0.3) is 0 Å². The van der Waals surface area contributed by atoms with Gasteiger partial charge in [-0.2, -0.15) is 0 Å². The topological polar surface area (TPSA) is 58.8 Å². The maximum Gasteiger partial charge on any atom is 0.253 e. The monoisotopic (exact) mass is 355 g/mol. The molecule has 1 aliphatic rings. The molecule has 6 heteroatoms. The first-order chi connectivity index (χ1) is 11.2. The van der Waals surface area contributed by atoms with E-state index in [-0.39, 0.29) is 18.3 Å². The van der Waals surface area contributed by atoms with E-state index in [2.05, 4.69) is 11.8 Å². The van der Waals surface area contributed by atoms with Gasteiger partial charge in [0.15, 0.2) is 0 Å². The molecule has 1 amide bonds. The lowest BCUT2D eigenvalue weighted by Gasteiger charge is -2.41. The van der Waals surface area contributed by atoms with E-state index < -0.39 is 0 Å². The Bertz CT molecular complexity index is 496. The normalized spacial score (nSPS) is 18.3. The van der Waals surface area contributed by atoms with E-state index in [9.17, 15) is 4.79 Å². The zero-order chi connectivity index (χ0) is 16.7. The molecule has 1 aromatic carbocycles. The lowest BCUT2D eigenvalue weighted by molar-refractivity contribution is 0.0341. The van der Waals surface area contributed by atoms with Crippen molar-refractivity contribution in [3.63, 3.8) is 0 Å². The third-order valence-electron chi connectivity index (χ3n) is 4.53. The number of benzene rings is 1. The second-order valence-corrected chi connectivity index (χ2v) is 5.95. The van der Waals surface area contributed by atoms with Crippen molar-refractivity contribution >= 4 is 18.3 Å². The smallest absolute Gasteiger partial charge is 0.253 e. The van der Waals surface area contributed by atoms with E-state index in [0.717, 1.165) is 56.9 Å². The Kier molecular flexibility index (Phi) is 9.29. The molecule has 24 heavy (non-hydrogen) atoms. The van der Waals surface area contributed by atoms with Crippen LogP contribution in [0.4, 0.5) is 0 Å². The Morgan fingerprint density at radius 1 is 1.25 bits per heavy atom. The van der Waals surface area contributed by atoms with Gasteiger partial charge in [-0.05, 0) is 31.0 Å². The van der Waals surface area contributed by atoms with Crippen molar-refractivity contribution in [1.82, 2.24) is 9.80 Å². The first-order valence-electron chi connectivity index (χ1n) is 8.59. The minimum atomic E-state index is 0. The van der Waals surface area contributed by atoms with Gasteiger partial charge in [-0.3, -0.25) is 9.69 Å². The Morgan fingerprint density at radius 2 is 1.96 bits per heavy atom. The summed E-state index contributed by atoms with van der Waals surface area (Å²) in [7, 11) is 0. The number of halogens is 1. The van der Waals surface area contributed by atoms with E-state index >= 15 is 0 Å². The summed E-state index contributed by atoms with van der Waals surface area (Å²) in [4.78, 5) is 17.1. The number of amides is 1. The van der Waals surface area contributed by atoms with Crippen molar-refractivity contribution in [2.75, 3.05) is 39.4 Å². The second-order valence-electron chi connectivity index (χ2n) is 5.95. The van der Waals surface area contributed by atoms with Crippen molar-refractivity contribution in [2.24, 2.45) is 5.73 Å². The summed E-state index contributed by atoms with van der Waals surface area (Å²) in [6.07, 6.45) is 1.04. The minimum Gasteiger partial charge on any atom is -0.380 e. The van der Waals surface area contributed by atoms with Crippen LogP contribution in [0.5, 0.6) is 0 Å². The van der Waals surface area contributed by atoms with Crippen LogP contribution in [-0.2, 0) is 11.3 Å². The first-order valence-corrected chi connectivity index (χ1v) is 8.59. The molecule has 2 rings (SSSR count). The van der Waals surface area contributed by atoms with Gasteiger partial charge in [0.25, 0.3) is 5.91 Å². The molecule has 136 valence electrons. The highest BCUT2D eigenvalue weighted by Crippen LogP contribution is 2.16. The van der Waals surface area contributed by atoms with Crippen LogP contribution in [0.1, 0.15) is 36.2 Å². The predicted octanol–water partition coefficient (Wildman–Crippen LogP) is 2.14. The molecule has 1 aromatic rings. The lowest BCUT2D eigenvalue weighted by atomic mass is 10.1. The molecule has 0 radical (unpaired) electrons. The van der Waals surface area contributed by atoms with Crippen molar-refractivity contribution in [3.8, 4) is 0 Å². The molecule has 2 N–H and O–H groups in total. The Balaban J connectivity index is 0.00000288. The second kappa shape index (κ2) is 10.7. The van der Waals surface area contributed by atoms with Crippen LogP contribution in [0, 0.1) is 0 Å². The molecule has 1 aliphatic heterocycles. The highest BCUT2D eigenvalue weighted by Gasteiger charge is 2.28. The molecule has 5 nitrogen and oxygen atoms in total. The summed E-state index contributed by atoms with van der Waals surface area (Å²) >= 11 is 0. The number of ether oxygens (including phenoxy) is 1. The quantitative estimate of drug-likeness (QED) is 0.761. The largest absolute Gasteiger partial charge is 0.380 e. The summed E-state index contributed by atoms with van der Waals surface area (Å²) in [5, 5.41) is 0. The van der Waals surface area contributed by atoms with Crippen molar-refractivity contribution in [2.45, 2.75) is 32.9 Å². The standard InChI is InChI=1S/C18H29N3O2.ClH/c1-3-17-14-21(10-9-20(17)11-12-23-4-2)18(22)16-7-5-15(13-19)6-8-16;/h5-8,17H,3-4,9-14,19H2,1-2H3;1H. The van der Waals surface area contributed by atoms with Gasteiger partial charge in [0, 0.05) is 50.9 Å². The van der Waals surface area contributed by atoms with Crippen molar-refractivity contribution in [3.05, 3.63) is 35.4 Å². The zero-order valence-corrected chi connectivity index (χ0v) is 15.6. The van der Waals surface area contributed by atoms with Gasteiger partial charge < -0.3 is 15.4 Å². The molecule has 1 atom stereocenters. The van der Waals surface area contributed by atoms with E-state index in [1.807, 2.05) is 36.1 Å². The van der Waals surface area contributed by atoms with Crippen LogP contribution in [-0.4, -0.2) is 61.1 Å². The fraction of sp³-hybridized carbons (Fsp3) is 0.611. The molecule has 0 bridgehead atoms. The summed E-state index contributed by atoms with van der Waals surface area (Å²) in [6, 6.07) is 8.04. The highest BCUT2D eigenvalue weighted by atomic mass is 35.5. The third-order valence-corrected chi connectivity index (χ3v) is 4.53. The molecule has 1 unspecified atom stereocenters. The van der Waals surface area contributed by atoms with E-state index in [0.29, 0.717) is 12.6 Å². The maximum absolute atomic E-state index is 12.7. The van der Waals surface area contributed by atoms with Crippen molar-refractivity contribution in [1.29, 1.82) is 0 Å². The maximum atomic E-state index is 12.7. The molecule has 0 aliphatic carbocycles. The molecule has 1 heterocycles. The fourth-order valence-corrected chi connectivity index (χ4v) is 3.05. The van der Waals surface area contributed by atoms with Gasteiger partial charge in [0.1, 0.15) is 0 Å². The number of rotatable bonds is 7. The van der Waals surface area contributed by atoms with Gasteiger partial charge in [-0.25, -0.2) is 0 Å². The van der Waals surface area contributed by atoms with Crippen LogP contribution in [0.2, 0.25) is 0 Å². The summed E-state index contributed by atoms with van der Waals surface area (Å²) in [6.45, 7) is 9.66. The Labute approximate surface area is 151 Å². The van der Waals surface area contributed by atoms with Crippen LogP contribution in [0.15, 0.2) is 24.3 Å². The molecule has 1 saturated heterocycles. The molecule has 1 fully saturated rings. The van der Waals surface area contributed by atoms with Gasteiger partial charge in [-0.15, -0.1) is 12.4 Å². The van der Waals surface area contributed by atoms with Crippen LogP contribution in [0.3, 0.4) is 0 Å². The predicted molar refractivity (Wildman–Crippen MR) is 99.6 cm³/mol. The third kappa shape index (κ3) is 5.45. The number of hydrogen-bond donors (Lipinski definition) is 1. The molecular weight excluding hydrogens is 326 g/mol. The minimum absolute atomic E-state index is 0. The van der Waals surface area contributed by atoms with Gasteiger partial charge in [-0.1, -0.05) is 19.1 Å². The Hall–Kier alpha value is -1.14. The Morgan fingerprint density at radius 3 is 2.54 bits per heavy atom. The number of carbonyl (C=O) groups excluding carboxylic acids is 1.